The molecule has 0 atom stereocenters. The van der Waals surface area contributed by atoms with Crippen LogP contribution in [0.1, 0.15) is 16.3 Å². The van der Waals surface area contributed by atoms with Crippen molar-refractivity contribution in [3.8, 4) is 0 Å². The second kappa shape index (κ2) is 5.16. The van der Waals surface area contributed by atoms with Gasteiger partial charge >= 0.3 is 0 Å². The highest BCUT2D eigenvalue weighted by molar-refractivity contribution is 7.11. The van der Waals surface area contributed by atoms with E-state index in [4.69, 9.17) is 17.0 Å². The molecule has 108 valence electrons. The van der Waals surface area contributed by atoms with E-state index in [2.05, 4.69) is 4.98 Å². The molecule has 1 aliphatic heterocycles. The molecule has 0 aliphatic carbocycles. The van der Waals surface area contributed by atoms with E-state index in [-0.39, 0.29) is 18.1 Å². The van der Waals surface area contributed by atoms with E-state index in [9.17, 15) is 5.11 Å². The predicted octanol–water partition coefficient (Wildman–Crippen LogP) is 4.18. The summed E-state index contributed by atoms with van der Waals surface area (Å²) in [5.74, 6) is 0.455. The van der Waals surface area contributed by atoms with Crippen LogP contribution in [0.15, 0.2) is 29.3 Å². The van der Waals surface area contributed by atoms with Crippen LogP contribution in [-0.4, -0.2) is 22.5 Å². The van der Waals surface area contributed by atoms with Gasteiger partial charge in [-0.15, -0.1) is 11.3 Å². The fraction of sp³-hybridized carbons (Fsp3) is 0.200. The minimum Gasteiger partial charge on any atom is -0.510 e. The third-order valence-corrected chi connectivity index (χ3v) is 4.60. The molecule has 21 heavy (non-hydrogen) atoms. The van der Waals surface area contributed by atoms with Crippen molar-refractivity contribution in [3.05, 3.63) is 50.6 Å². The van der Waals surface area contributed by atoms with Gasteiger partial charge in [0.2, 0.25) is 0 Å². The van der Waals surface area contributed by atoms with Gasteiger partial charge in [-0.1, -0.05) is 11.6 Å². The van der Waals surface area contributed by atoms with Crippen molar-refractivity contribution in [1.82, 2.24) is 4.98 Å². The lowest BCUT2D eigenvalue weighted by molar-refractivity contribution is 0.411. The predicted molar refractivity (Wildman–Crippen MR) is 87.7 cm³/mol. The molecule has 0 unspecified atom stereocenters. The number of halogens is 1. The number of hydrogen-bond donors (Lipinski definition) is 2. The van der Waals surface area contributed by atoms with Gasteiger partial charge in [-0.05, 0) is 37.6 Å². The van der Waals surface area contributed by atoms with Crippen LogP contribution in [0.2, 0.25) is 5.02 Å². The molecular formula is C15H14ClN3OS. The lowest BCUT2D eigenvalue weighted by atomic mass is 10.2. The van der Waals surface area contributed by atoms with Crippen LogP contribution >= 0.6 is 22.9 Å². The molecule has 2 aromatic rings. The zero-order valence-electron chi connectivity index (χ0n) is 11.6. The summed E-state index contributed by atoms with van der Waals surface area (Å²) < 4.78 is 0. The number of rotatable bonds is 2. The molecule has 1 aromatic carbocycles. The lowest BCUT2D eigenvalue weighted by Crippen LogP contribution is -2.26. The van der Waals surface area contributed by atoms with Gasteiger partial charge in [0.05, 0.1) is 12.1 Å². The van der Waals surface area contributed by atoms with Crippen LogP contribution in [0.25, 0.3) is 5.57 Å². The molecule has 0 fully saturated rings. The number of aliphatic hydroxyl groups excluding tert-OH is 1. The fourth-order valence-corrected chi connectivity index (χ4v) is 3.49. The van der Waals surface area contributed by atoms with Gasteiger partial charge < -0.3 is 10.0 Å². The molecule has 6 heteroatoms. The molecule has 2 N–H and O–H groups in total. The van der Waals surface area contributed by atoms with E-state index >= 15 is 0 Å². The minimum absolute atomic E-state index is 0.184. The van der Waals surface area contributed by atoms with Crippen LogP contribution in [-0.2, 0) is 0 Å². The third-order valence-electron chi connectivity index (χ3n) is 3.39. The van der Waals surface area contributed by atoms with Gasteiger partial charge in [0, 0.05) is 21.8 Å². The second-order valence-electron chi connectivity index (χ2n) is 4.98. The van der Waals surface area contributed by atoms with Crippen molar-refractivity contribution in [1.29, 1.82) is 5.41 Å². The summed E-state index contributed by atoms with van der Waals surface area (Å²) in [5, 5.41) is 21.9. The van der Waals surface area contributed by atoms with Crippen LogP contribution in [0.5, 0.6) is 0 Å². The van der Waals surface area contributed by atoms with Crippen LogP contribution in [0.4, 0.5) is 5.69 Å². The average Bonchev–Trinajstić information content (AvgIpc) is 2.94. The first-order chi connectivity index (χ1) is 9.97. The molecule has 0 bridgehead atoms. The molecule has 1 aromatic heterocycles. The van der Waals surface area contributed by atoms with Gasteiger partial charge in [-0.2, -0.15) is 0 Å². The number of thiazole rings is 1. The maximum absolute atomic E-state index is 10.2. The van der Waals surface area contributed by atoms with E-state index in [0.717, 1.165) is 16.9 Å². The molecular weight excluding hydrogens is 306 g/mol. The van der Waals surface area contributed by atoms with Gasteiger partial charge in [0.1, 0.15) is 16.6 Å². The number of nitrogens with zero attached hydrogens (tertiary/aromatic N) is 2. The highest BCUT2D eigenvalue weighted by Crippen LogP contribution is 2.34. The second-order valence-corrected chi connectivity index (χ2v) is 6.28. The average molecular weight is 320 g/mol. The quantitative estimate of drug-likeness (QED) is 0.873. The summed E-state index contributed by atoms with van der Waals surface area (Å²) >= 11 is 7.42. The molecule has 0 amide bonds. The van der Waals surface area contributed by atoms with Gasteiger partial charge in [-0.3, -0.25) is 5.41 Å². The molecule has 0 spiro atoms. The first-order valence-electron chi connectivity index (χ1n) is 6.44. The Morgan fingerprint density at radius 3 is 2.76 bits per heavy atom. The summed E-state index contributed by atoms with van der Waals surface area (Å²) in [4.78, 5) is 6.14. The number of amidine groups is 1. The summed E-state index contributed by atoms with van der Waals surface area (Å²) in [6, 6.07) is 5.52. The maximum atomic E-state index is 10.2. The highest BCUT2D eigenvalue weighted by Gasteiger charge is 2.31. The Morgan fingerprint density at radius 2 is 2.14 bits per heavy atom. The van der Waals surface area contributed by atoms with E-state index < -0.39 is 0 Å². The van der Waals surface area contributed by atoms with E-state index in [1.807, 2.05) is 31.4 Å². The first kappa shape index (κ1) is 14.1. The van der Waals surface area contributed by atoms with Gasteiger partial charge in [-0.25, -0.2) is 4.98 Å². The van der Waals surface area contributed by atoms with Crippen molar-refractivity contribution < 1.29 is 5.11 Å². The van der Waals surface area contributed by atoms with E-state index in [0.29, 0.717) is 15.6 Å². The Labute approximate surface area is 131 Å². The number of aromatic nitrogens is 1. The number of benzene rings is 1. The third kappa shape index (κ3) is 2.43. The number of aliphatic hydroxyl groups is 1. The molecule has 2 heterocycles. The number of anilines is 1. The monoisotopic (exact) mass is 319 g/mol. The summed E-state index contributed by atoms with van der Waals surface area (Å²) in [6.45, 7) is 4.13. The van der Waals surface area contributed by atoms with Crippen molar-refractivity contribution in [2.45, 2.75) is 13.8 Å². The SMILES string of the molecule is Cc1csc(C2=C(O)CN(c3ccc(Cl)cc3C)C2=N)n1. The van der Waals surface area contributed by atoms with Crippen LogP contribution in [0.3, 0.4) is 0 Å². The summed E-state index contributed by atoms with van der Waals surface area (Å²) in [6.07, 6.45) is 0. The topological polar surface area (TPSA) is 60.2 Å². The van der Waals surface area contributed by atoms with Crippen molar-refractivity contribution in [2.24, 2.45) is 0 Å². The lowest BCUT2D eigenvalue weighted by Gasteiger charge is -2.21. The standard InChI is InChI=1S/C15H14ClN3OS/c1-8-5-10(16)3-4-11(8)19-6-12(20)13(14(19)17)15-18-9(2)7-21-15/h3-5,7,17,20H,6H2,1-2H3. The number of nitrogens with one attached hydrogen (secondary N) is 1. The molecule has 0 saturated heterocycles. The summed E-state index contributed by atoms with van der Waals surface area (Å²) in [5.41, 5.74) is 3.25. The van der Waals surface area contributed by atoms with E-state index in [1.54, 1.807) is 11.0 Å². The molecule has 1 aliphatic rings. The number of hydrogen-bond acceptors (Lipinski definition) is 4. The zero-order chi connectivity index (χ0) is 15.1. The van der Waals surface area contributed by atoms with Crippen molar-refractivity contribution >= 4 is 40.0 Å². The van der Waals surface area contributed by atoms with Crippen molar-refractivity contribution in [3.63, 3.8) is 0 Å². The van der Waals surface area contributed by atoms with Crippen LogP contribution in [0, 0.1) is 19.3 Å². The Kier molecular flexibility index (Phi) is 3.47. The molecule has 0 saturated carbocycles. The van der Waals surface area contributed by atoms with E-state index in [1.165, 1.54) is 11.3 Å². The Balaban J connectivity index is 1.98. The Morgan fingerprint density at radius 1 is 1.38 bits per heavy atom. The first-order valence-corrected chi connectivity index (χ1v) is 7.70. The Hall–Kier alpha value is -1.85. The molecule has 4 nitrogen and oxygen atoms in total. The molecule has 0 radical (unpaired) electrons. The Bertz CT molecular complexity index is 766. The maximum Gasteiger partial charge on any atom is 0.139 e. The minimum atomic E-state index is 0.184. The normalized spacial score (nSPS) is 15.2. The number of aryl methyl sites for hydroxylation is 2. The molecule has 3 rings (SSSR count). The highest BCUT2D eigenvalue weighted by atomic mass is 35.5. The van der Waals surface area contributed by atoms with Gasteiger partial charge in [0.25, 0.3) is 0 Å². The smallest absolute Gasteiger partial charge is 0.139 e. The summed E-state index contributed by atoms with van der Waals surface area (Å²) in [7, 11) is 0. The fourth-order valence-electron chi connectivity index (χ4n) is 2.40. The zero-order valence-corrected chi connectivity index (χ0v) is 13.2. The van der Waals surface area contributed by atoms with Gasteiger partial charge in [0.15, 0.2) is 0 Å². The van der Waals surface area contributed by atoms with Crippen molar-refractivity contribution in [2.75, 3.05) is 11.4 Å². The van der Waals surface area contributed by atoms with Crippen LogP contribution < -0.4 is 4.90 Å². The largest absolute Gasteiger partial charge is 0.510 e.